The van der Waals surface area contributed by atoms with Crippen LogP contribution in [0.25, 0.3) is 0 Å². The Kier molecular flexibility index (Phi) is 2.93. The van der Waals surface area contributed by atoms with E-state index in [-0.39, 0.29) is 6.04 Å². The van der Waals surface area contributed by atoms with Crippen LogP contribution in [0.2, 0.25) is 0 Å². The van der Waals surface area contributed by atoms with Crippen LogP contribution >= 0.6 is 0 Å². The first-order valence-corrected chi connectivity index (χ1v) is 3.74. The quantitative estimate of drug-likeness (QED) is 0.670. The molecule has 0 aliphatic carbocycles. The summed E-state index contributed by atoms with van der Waals surface area (Å²) in [4.78, 5) is 0. The minimum atomic E-state index is 0.0167. The molecule has 1 aromatic heterocycles. The van der Waals surface area contributed by atoms with Crippen molar-refractivity contribution >= 4 is 0 Å². The summed E-state index contributed by atoms with van der Waals surface area (Å²) in [6, 6.07) is 3.76. The zero-order valence-corrected chi connectivity index (χ0v) is 6.49. The van der Waals surface area contributed by atoms with Gasteiger partial charge in [0.05, 0.1) is 12.3 Å². The van der Waals surface area contributed by atoms with E-state index in [1.165, 1.54) is 0 Å². The van der Waals surface area contributed by atoms with Crippen LogP contribution < -0.4 is 5.73 Å². The normalized spacial score (nSPS) is 12.8. The molecule has 0 saturated heterocycles. The second kappa shape index (κ2) is 3.98. The zero-order valence-electron chi connectivity index (χ0n) is 6.49. The Morgan fingerprint density at radius 1 is 1.73 bits per heavy atom. The molecule has 1 heterocycles. The van der Waals surface area contributed by atoms with E-state index in [0.717, 1.165) is 18.6 Å². The van der Waals surface area contributed by atoms with Gasteiger partial charge in [0.25, 0.3) is 0 Å². The Balaban J connectivity index is 2.42. The third-order valence-electron chi connectivity index (χ3n) is 1.59. The fraction of sp³-hybridized carbons (Fsp3) is 0.333. The van der Waals surface area contributed by atoms with Crippen LogP contribution in [0.3, 0.4) is 0 Å². The van der Waals surface area contributed by atoms with Crippen LogP contribution in [-0.4, -0.2) is 0 Å². The standard InChI is InChI=1S/C9H13NO/c1-2-3-5-8(10)9-6-4-7-11-9/h2,4,6-8H,1,3,5,10H2/t8-/m0/s1. The second-order valence-corrected chi connectivity index (χ2v) is 2.49. The molecule has 2 nitrogen and oxygen atoms in total. The number of nitrogens with two attached hydrogens (primary N) is 1. The number of rotatable bonds is 4. The molecule has 11 heavy (non-hydrogen) atoms. The van der Waals surface area contributed by atoms with Crippen molar-refractivity contribution in [1.29, 1.82) is 0 Å². The molecule has 1 atom stereocenters. The van der Waals surface area contributed by atoms with Crippen molar-refractivity contribution in [1.82, 2.24) is 0 Å². The van der Waals surface area contributed by atoms with Crippen molar-refractivity contribution < 1.29 is 4.42 Å². The topological polar surface area (TPSA) is 39.2 Å². The molecule has 60 valence electrons. The van der Waals surface area contributed by atoms with E-state index in [2.05, 4.69) is 6.58 Å². The van der Waals surface area contributed by atoms with Gasteiger partial charge in [-0.15, -0.1) is 6.58 Å². The van der Waals surface area contributed by atoms with Crippen LogP contribution in [-0.2, 0) is 0 Å². The molecule has 2 N–H and O–H groups in total. The van der Waals surface area contributed by atoms with Crippen molar-refractivity contribution in [2.45, 2.75) is 18.9 Å². The summed E-state index contributed by atoms with van der Waals surface area (Å²) in [6.45, 7) is 3.63. The molecule has 2 heteroatoms. The van der Waals surface area contributed by atoms with E-state index in [4.69, 9.17) is 10.2 Å². The lowest BCUT2D eigenvalue weighted by atomic mass is 10.1. The van der Waals surface area contributed by atoms with Crippen LogP contribution in [0.1, 0.15) is 24.6 Å². The van der Waals surface area contributed by atoms with Crippen molar-refractivity contribution in [3.05, 3.63) is 36.8 Å². The molecule has 0 radical (unpaired) electrons. The summed E-state index contributed by atoms with van der Waals surface area (Å²) >= 11 is 0. The van der Waals surface area contributed by atoms with Gasteiger partial charge in [0.1, 0.15) is 5.76 Å². The molecule has 0 aliphatic heterocycles. The number of furan rings is 1. The Morgan fingerprint density at radius 3 is 3.09 bits per heavy atom. The predicted octanol–water partition coefficient (Wildman–Crippen LogP) is 2.25. The molecule has 0 saturated carbocycles. The first kappa shape index (κ1) is 8.08. The van der Waals surface area contributed by atoms with Crippen LogP contribution in [0.15, 0.2) is 35.5 Å². The number of allylic oxidation sites excluding steroid dienone is 1. The van der Waals surface area contributed by atoms with E-state index in [9.17, 15) is 0 Å². The SMILES string of the molecule is C=CCC[C@H](N)c1ccco1. The maximum absolute atomic E-state index is 5.78. The average Bonchev–Trinajstić information content (AvgIpc) is 2.52. The van der Waals surface area contributed by atoms with Gasteiger partial charge in [-0.2, -0.15) is 0 Å². The highest BCUT2D eigenvalue weighted by Crippen LogP contribution is 2.15. The predicted molar refractivity (Wildman–Crippen MR) is 45.1 cm³/mol. The summed E-state index contributed by atoms with van der Waals surface area (Å²) in [7, 11) is 0. The van der Waals surface area contributed by atoms with E-state index < -0.39 is 0 Å². The maximum Gasteiger partial charge on any atom is 0.120 e. The Morgan fingerprint density at radius 2 is 2.55 bits per heavy atom. The van der Waals surface area contributed by atoms with Crippen LogP contribution in [0, 0.1) is 0 Å². The smallest absolute Gasteiger partial charge is 0.120 e. The molecule has 0 fully saturated rings. The van der Waals surface area contributed by atoms with Gasteiger partial charge in [0.15, 0.2) is 0 Å². The van der Waals surface area contributed by atoms with Crippen molar-refractivity contribution in [3.63, 3.8) is 0 Å². The van der Waals surface area contributed by atoms with E-state index in [0.29, 0.717) is 0 Å². The first-order chi connectivity index (χ1) is 5.34. The summed E-state index contributed by atoms with van der Waals surface area (Å²) in [6.07, 6.45) is 5.34. The van der Waals surface area contributed by atoms with Gasteiger partial charge < -0.3 is 10.2 Å². The van der Waals surface area contributed by atoms with Crippen LogP contribution in [0.5, 0.6) is 0 Å². The van der Waals surface area contributed by atoms with E-state index in [1.54, 1.807) is 6.26 Å². The fourth-order valence-corrected chi connectivity index (χ4v) is 0.942. The molecular weight excluding hydrogens is 138 g/mol. The highest BCUT2D eigenvalue weighted by molar-refractivity contribution is 5.03. The summed E-state index contributed by atoms with van der Waals surface area (Å²) in [5.41, 5.74) is 5.78. The molecule has 0 aliphatic rings. The molecule has 1 aromatic rings. The maximum atomic E-state index is 5.78. The van der Waals surface area contributed by atoms with Crippen molar-refractivity contribution in [2.75, 3.05) is 0 Å². The van der Waals surface area contributed by atoms with Gasteiger partial charge in [-0.3, -0.25) is 0 Å². The largest absolute Gasteiger partial charge is 0.468 e. The van der Waals surface area contributed by atoms with Crippen LogP contribution in [0.4, 0.5) is 0 Å². The van der Waals surface area contributed by atoms with Gasteiger partial charge in [-0.05, 0) is 25.0 Å². The Hall–Kier alpha value is -1.02. The molecule has 0 aromatic carbocycles. The van der Waals surface area contributed by atoms with Gasteiger partial charge in [-0.1, -0.05) is 6.08 Å². The van der Waals surface area contributed by atoms with Gasteiger partial charge in [-0.25, -0.2) is 0 Å². The molecule has 0 amide bonds. The van der Waals surface area contributed by atoms with Gasteiger partial charge >= 0.3 is 0 Å². The number of hydrogen-bond donors (Lipinski definition) is 1. The third kappa shape index (κ3) is 2.24. The highest BCUT2D eigenvalue weighted by Gasteiger charge is 2.05. The zero-order chi connectivity index (χ0) is 8.10. The molecule has 0 spiro atoms. The Bertz CT molecular complexity index is 203. The van der Waals surface area contributed by atoms with E-state index in [1.807, 2.05) is 18.2 Å². The van der Waals surface area contributed by atoms with E-state index >= 15 is 0 Å². The summed E-state index contributed by atoms with van der Waals surface area (Å²) in [5.74, 6) is 0.854. The Labute approximate surface area is 66.7 Å². The molecule has 1 rings (SSSR count). The summed E-state index contributed by atoms with van der Waals surface area (Å²) < 4.78 is 5.13. The van der Waals surface area contributed by atoms with Gasteiger partial charge in [0, 0.05) is 0 Å². The van der Waals surface area contributed by atoms with Crippen molar-refractivity contribution in [3.8, 4) is 0 Å². The minimum Gasteiger partial charge on any atom is -0.468 e. The monoisotopic (exact) mass is 151 g/mol. The first-order valence-electron chi connectivity index (χ1n) is 3.74. The fourth-order valence-electron chi connectivity index (χ4n) is 0.942. The second-order valence-electron chi connectivity index (χ2n) is 2.49. The average molecular weight is 151 g/mol. The molecule has 0 unspecified atom stereocenters. The summed E-state index contributed by atoms with van der Waals surface area (Å²) in [5, 5.41) is 0. The lowest BCUT2D eigenvalue weighted by molar-refractivity contribution is 0.454. The van der Waals surface area contributed by atoms with Crippen molar-refractivity contribution in [2.24, 2.45) is 5.73 Å². The van der Waals surface area contributed by atoms with Gasteiger partial charge in [0.2, 0.25) is 0 Å². The highest BCUT2D eigenvalue weighted by atomic mass is 16.3. The number of hydrogen-bond acceptors (Lipinski definition) is 2. The lowest BCUT2D eigenvalue weighted by Crippen LogP contribution is -2.08. The molecular formula is C9H13NO. The molecule has 0 bridgehead atoms. The lowest BCUT2D eigenvalue weighted by Gasteiger charge is -2.05. The third-order valence-corrected chi connectivity index (χ3v) is 1.59. The minimum absolute atomic E-state index is 0.0167.